The fourth-order valence-corrected chi connectivity index (χ4v) is 3.71. The zero-order valence-corrected chi connectivity index (χ0v) is 15.3. The minimum atomic E-state index is -0.468. The van der Waals surface area contributed by atoms with Crippen molar-refractivity contribution in [2.45, 2.75) is 43.8 Å². The number of benzene rings is 1. The molecule has 7 heteroatoms. The third-order valence-electron chi connectivity index (χ3n) is 4.63. The number of carbonyl (C=O) groups excluding carboxylic acids is 1. The first-order valence-electron chi connectivity index (χ1n) is 7.62. The number of amides is 1. The first-order chi connectivity index (χ1) is 10.5. The maximum absolute atomic E-state index is 13.7. The summed E-state index contributed by atoms with van der Waals surface area (Å²) < 4.78 is 19.7. The van der Waals surface area contributed by atoms with E-state index < -0.39 is 5.82 Å². The molecule has 0 aliphatic carbocycles. The van der Waals surface area contributed by atoms with Crippen molar-refractivity contribution >= 4 is 34.2 Å². The van der Waals surface area contributed by atoms with Crippen LogP contribution in [-0.2, 0) is 4.79 Å². The van der Waals surface area contributed by atoms with Crippen molar-refractivity contribution in [1.82, 2.24) is 10.2 Å². The van der Waals surface area contributed by atoms with E-state index in [1.807, 2.05) is 7.05 Å². The average molecular weight is 408 g/mol. The van der Waals surface area contributed by atoms with E-state index in [0.717, 1.165) is 12.8 Å². The van der Waals surface area contributed by atoms with Crippen molar-refractivity contribution in [3.63, 3.8) is 0 Å². The van der Waals surface area contributed by atoms with E-state index in [1.165, 1.54) is 25.0 Å². The Bertz CT molecular complexity index is 563. The summed E-state index contributed by atoms with van der Waals surface area (Å²) in [6, 6.07) is 5.86. The van der Waals surface area contributed by atoms with Gasteiger partial charge in [-0.2, -0.15) is 0 Å². The van der Waals surface area contributed by atoms with Gasteiger partial charge in [-0.3, -0.25) is 4.79 Å². The second kappa shape index (κ2) is 7.81. The molecule has 2 atom stereocenters. The van der Waals surface area contributed by atoms with Crippen LogP contribution >= 0.6 is 28.3 Å². The van der Waals surface area contributed by atoms with Gasteiger partial charge in [0.25, 0.3) is 5.91 Å². The number of likely N-dealkylation sites (N-methyl/N-ethyl adjacent to an activating group) is 1. The Kier molecular flexibility index (Phi) is 6.28. The van der Waals surface area contributed by atoms with Crippen LogP contribution in [0, 0.1) is 5.82 Å². The summed E-state index contributed by atoms with van der Waals surface area (Å²) in [6.07, 6.45) is 4.38. The number of carbonyl (C=O) groups is 1. The SMILES string of the molecule is CN(C(=O)COc1ccc(Br)cc1F)C1CC2CCC(C1)N2.Cl. The van der Waals surface area contributed by atoms with Crippen molar-refractivity contribution in [2.24, 2.45) is 0 Å². The highest BCUT2D eigenvalue weighted by Gasteiger charge is 2.36. The molecule has 2 unspecified atom stereocenters. The van der Waals surface area contributed by atoms with Crippen LogP contribution in [0.2, 0.25) is 0 Å². The number of fused-ring (bicyclic) bond motifs is 2. The molecular weight excluding hydrogens is 387 g/mol. The van der Waals surface area contributed by atoms with Gasteiger partial charge in [0.1, 0.15) is 0 Å². The zero-order chi connectivity index (χ0) is 15.7. The topological polar surface area (TPSA) is 41.6 Å². The van der Waals surface area contributed by atoms with E-state index in [-0.39, 0.29) is 36.7 Å². The molecule has 1 N–H and O–H groups in total. The predicted octanol–water partition coefficient (Wildman–Crippen LogP) is 3.13. The number of rotatable bonds is 4. The molecule has 2 aliphatic heterocycles. The number of ether oxygens (including phenoxy) is 1. The van der Waals surface area contributed by atoms with Crippen LogP contribution in [0.25, 0.3) is 0 Å². The summed E-state index contributed by atoms with van der Waals surface area (Å²) in [5, 5.41) is 3.56. The zero-order valence-electron chi connectivity index (χ0n) is 12.9. The minimum absolute atomic E-state index is 0. The van der Waals surface area contributed by atoms with Crippen LogP contribution < -0.4 is 10.1 Å². The highest BCUT2D eigenvalue weighted by atomic mass is 79.9. The lowest BCUT2D eigenvalue weighted by Crippen LogP contribution is -2.49. The molecule has 23 heavy (non-hydrogen) atoms. The number of nitrogens with zero attached hydrogens (tertiary/aromatic N) is 1. The second-order valence-electron chi connectivity index (χ2n) is 6.13. The van der Waals surface area contributed by atoms with Gasteiger partial charge in [0, 0.05) is 29.6 Å². The molecule has 2 aliphatic rings. The Labute approximate surface area is 150 Å². The van der Waals surface area contributed by atoms with Crippen molar-refractivity contribution in [1.29, 1.82) is 0 Å². The number of nitrogens with one attached hydrogen (secondary N) is 1. The summed E-state index contributed by atoms with van der Waals surface area (Å²) in [5.41, 5.74) is 0. The van der Waals surface area contributed by atoms with Crippen LogP contribution in [0.15, 0.2) is 22.7 Å². The Morgan fingerprint density at radius 3 is 2.65 bits per heavy atom. The van der Waals surface area contributed by atoms with Crippen LogP contribution in [0.5, 0.6) is 5.75 Å². The van der Waals surface area contributed by atoms with E-state index in [1.54, 1.807) is 11.0 Å². The standard InChI is InChI=1S/C16H20BrFN2O2.ClH/c1-20(13-7-11-3-4-12(8-13)19-11)16(21)9-22-15-5-2-10(17)6-14(15)18;/h2,5-6,11-13,19H,3-4,7-9H2,1H3;1H. The molecule has 128 valence electrons. The summed E-state index contributed by atoms with van der Waals surface area (Å²) in [4.78, 5) is 14.0. The van der Waals surface area contributed by atoms with E-state index >= 15 is 0 Å². The highest BCUT2D eigenvalue weighted by molar-refractivity contribution is 9.10. The van der Waals surface area contributed by atoms with Crippen molar-refractivity contribution in [2.75, 3.05) is 13.7 Å². The summed E-state index contributed by atoms with van der Waals surface area (Å²) in [6.45, 7) is -0.131. The van der Waals surface area contributed by atoms with Crippen molar-refractivity contribution in [3.05, 3.63) is 28.5 Å². The largest absolute Gasteiger partial charge is 0.481 e. The summed E-state index contributed by atoms with van der Waals surface area (Å²) in [5.74, 6) is -0.464. The number of hydrogen-bond donors (Lipinski definition) is 1. The first-order valence-corrected chi connectivity index (χ1v) is 8.42. The van der Waals surface area contributed by atoms with Crippen molar-refractivity contribution in [3.8, 4) is 5.75 Å². The van der Waals surface area contributed by atoms with Gasteiger partial charge in [0.05, 0.1) is 0 Å². The van der Waals surface area contributed by atoms with Gasteiger partial charge in [-0.05, 0) is 43.9 Å². The normalized spacial score (nSPS) is 25.6. The maximum Gasteiger partial charge on any atom is 0.260 e. The van der Waals surface area contributed by atoms with Crippen LogP contribution in [0.4, 0.5) is 4.39 Å². The van der Waals surface area contributed by atoms with E-state index in [4.69, 9.17) is 4.74 Å². The highest BCUT2D eigenvalue weighted by Crippen LogP contribution is 2.29. The van der Waals surface area contributed by atoms with Gasteiger partial charge in [0.15, 0.2) is 18.2 Å². The number of hydrogen-bond acceptors (Lipinski definition) is 3. The monoisotopic (exact) mass is 406 g/mol. The van der Waals surface area contributed by atoms with Crippen LogP contribution in [-0.4, -0.2) is 42.6 Å². The molecule has 4 nitrogen and oxygen atoms in total. The summed E-state index contributed by atoms with van der Waals surface area (Å²) in [7, 11) is 1.82. The maximum atomic E-state index is 13.7. The Hall–Kier alpha value is -0.850. The molecule has 1 amide bonds. The third-order valence-corrected chi connectivity index (χ3v) is 5.13. The van der Waals surface area contributed by atoms with Gasteiger partial charge in [-0.1, -0.05) is 15.9 Å². The molecule has 2 saturated heterocycles. The average Bonchev–Trinajstić information content (AvgIpc) is 2.83. The number of piperidine rings is 1. The molecule has 1 aromatic carbocycles. The fourth-order valence-electron chi connectivity index (χ4n) is 3.38. The molecule has 2 fully saturated rings. The van der Waals surface area contributed by atoms with Crippen LogP contribution in [0.3, 0.4) is 0 Å². The van der Waals surface area contributed by atoms with Gasteiger partial charge in [-0.15, -0.1) is 12.4 Å². The Balaban J connectivity index is 0.00000192. The predicted molar refractivity (Wildman–Crippen MR) is 92.6 cm³/mol. The molecule has 0 saturated carbocycles. The molecular formula is C16H21BrClFN2O2. The molecule has 2 bridgehead atoms. The minimum Gasteiger partial charge on any atom is -0.481 e. The molecule has 1 aromatic rings. The van der Waals surface area contributed by atoms with Gasteiger partial charge >= 0.3 is 0 Å². The van der Waals surface area contributed by atoms with Crippen molar-refractivity contribution < 1.29 is 13.9 Å². The third kappa shape index (κ3) is 4.37. The molecule has 0 spiro atoms. The molecule has 2 heterocycles. The fraction of sp³-hybridized carbons (Fsp3) is 0.562. The van der Waals surface area contributed by atoms with Gasteiger partial charge in [0.2, 0.25) is 0 Å². The number of halogens is 3. The quantitative estimate of drug-likeness (QED) is 0.834. The lowest BCUT2D eigenvalue weighted by molar-refractivity contribution is -0.134. The van der Waals surface area contributed by atoms with Crippen LogP contribution in [0.1, 0.15) is 25.7 Å². The van der Waals surface area contributed by atoms with Gasteiger partial charge < -0.3 is 15.0 Å². The van der Waals surface area contributed by atoms with E-state index in [0.29, 0.717) is 16.6 Å². The van der Waals surface area contributed by atoms with E-state index in [2.05, 4.69) is 21.2 Å². The lowest BCUT2D eigenvalue weighted by atomic mass is 9.98. The van der Waals surface area contributed by atoms with Gasteiger partial charge in [-0.25, -0.2) is 4.39 Å². The molecule has 0 radical (unpaired) electrons. The molecule has 0 aromatic heterocycles. The Morgan fingerprint density at radius 1 is 1.39 bits per heavy atom. The first kappa shape index (κ1) is 18.5. The second-order valence-corrected chi connectivity index (χ2v) is 7.05. The smallest absolute Gasteiger partial charge is 0.260 e. The molecule has 3 rings (SSSR count). The van der Waals surface area contributed by atoms with E-state index in [9.17, 15) is 9.18 Å². The lowest BCUT2D eigenvalue weighted by Gasteiger charge is -2.35. The summed E-state index contributed by atoms with van der Waals surface area (Å²) >= 11 is 3.19. The Morgan fingerprint density at radius 2 is 2.04 bits per heavy atom.